The van der Waals surface area contributed by atoms with Crippen LogP contribution in [0.15, 0.2) is 48.5 Å². The van der Waals surface area contributed by atoms with Crippen molar-refractivity contribution < 1.29 is 9.72 Å². The molecular formula is C15H9ClN2O3. The standard InChI is InChI=1S/C15H9ClN2O3/c16-14(9-5-7-10(8-6-9)18(20)21)13-11-3-1-2-4-12(11)17-15(13)19/h1-8H,(H,17,19)/b14-13+. The Morgan fingerprint density at radius 2 is 1.76 bits per heavy atom. The number of non-ortho nitro benzene ring substituents is 1. The first-order valence-corrected chi connectivity index (χ1v) is 6.51. The summed E-state index contributed by atoms with van der Waals surface area (Å²) in [5, 5.41) is 13.7. The number of benzene rings is 2. The van der Waals surface area contributed by atoms with Gasteiger partial charge in [0, 0.05) is 23.4 Å². The topological polar surface area (TPSA) is 72.2 Å². The van der Waals surface area contributed by atoms with Crippen LogP contribution >= 0.6 is 11.6 Å². The van der Waals surface area contributed by atoms with Crippen LogP contribution in [0, 0.1) is 10.1 Å². The van der Waals surface area contributed by atoms with E-state index in [4.69, 9.17) is 11.6 Å². The van der Waals surface area contributed by atoms with Gasteiger partial charge in [0.15, 0.2) is 0 Å². The lowest BCUT2D eigenvalue weighted by Crippen LogP contribution is -2.04. The molecule has 0 atom stereocenters. The Morgan fingerprint density at radius 3 is 2.43 bits per heavy atom. The monoisotopic (exact) mass is 300 g/mol. The smallest absolute Gasteiger partial charge is 0.269 e. The Labute approximate surface area is 125 Å². The predicted octanol–water partition coefficient (Wildman–Crippen LogP) is 3.65. The number of nitro benzene ring substituents is 1. The lowest BCUT2D eigenvalue weighted by Gasteiger charge is -2.03. The molecule has 0 aromatic heterocycles. The summed E-state index contributed by atoms with van der Waals surface area (Å²) in [7, 11) is 0. The summed E-state index contributed by atoms with van der Waals surface area (Å²) in [6.45, 7) is 0. The minimum absolute atomic E-state index is 0.0236. The van der Waals surface area contributed by atoms with E-state index in [9.17, 15) is 14.9 Å². The largest absolute Gasteiger partial charge is 0.321 e. The second kappa shape index (κ2) is 5.03. The zero-order chi connectivity index (χ0) is 15.0. The van der Waals surface area contributed by atoms with Crippen LogP contribution in [-0.2, 0) is 4.79 Å². The maximum Gasteiger partial charge on any atom is 0.269 e. The van der Waals surface area contributed by atoms with Gasteiger partial charge in [0.05, 0.1) is 15.5 Å². The van der Waals surface area contributed by atoms with Crippen LogP contribution in [0.25, 0.3) is 10.6 Å². The van der Waals surface area contributed by atoms with Crippen LogP contribution in [0.2, 0.25) is 0 Å². The van der Waals surface area contributed by atoms with Crippen LogP contribution < -0.4 is 5.32 Å². The molecule has 0 spiro atoms. The molecule has 3 rings (SSSR count). The number of fused-ring (bicyclic) bond motifs is 1. The molecule has 0 aliphatic carbocycles. The number of halogens is 1. The molecule has 104 valence electrons. The van der Waals surface area contributed by atoms with Crippen molar-refractivity contribution in [3.63, 3.8) is 0 Å². The van der Waals surface area contributed by atoms with Gasteiger partial charge in [0.2, 0.25) is 0 Å². The van der Waals surface area contributed by atoms with Gasteiger partial charge in [-0.15, -0.1) is 0 Å². The molecule has 0 saturated heterocycles. The van der Waals surface area contributed by atoms with Gasteiger partial charge in [-0.3, -0.25) is 14.9 Å². The Kier molecular flexibility index (Phi) is 3.19. The molecule has 2 aromatic rings. The zero-order valence-corrected chi connectivity index (χ0v) is 11.4. The van der Waals surface area contributed by atoms with Crippen molar-refractivity contribution in [1.82, 2.24) is 0 Å². The minimum Gasteiger partial charge on any atom is -0.321 e. The van der Waals surface area contributed by atoms with E-state index in [1.165, 1.54) is 24.3 Å². The van der Waals surface area contributed by atoms with Crippen molar-refractivity contribution in [3.8, 4) is 0 Å². The first-order chi connectivity index (χ1) is 10.1. The predicted molar refractivity (Wildman–Crippen MR) is 80.8 cm³/mol. The number of nitrogens with zero attached hydrogens (tertiary/aromatic N) is 1. The summed E-state index contributed by atoms with van der Waals surface area (Å²) in [5.41, 5.74) is 2.35. The zero-order valence-electron chi connectivity index (χ0n) is 10.7. The number of anilines is 1. The van der Waals surface area contributed by atoms with Gasteiger partial charge in [-0.25, -0.2) is 0 Å². The second-order valence-corrected chi connectivity index (χ2v) is 4.87. The number of para-hydroxylation sites is 1. The normalized spacial score (nSPS) is 15.4. The molecule has 6 heteroatoms. The molecular weight excluding hydrogens is 292 g/mol. The molecule has 0 saturated carbocycles. The van der Waals surface area contributed by atoms with Gasteiger partial charge < -0.3 is 5.32 Å². The fourth-order valence-electron chi connectivity index (χ4n) is 2.21. The highest BCUT2D eigenvalue weighted by molar-refractivity contribution is 6.59. The van der Waals surface area contributed by atoms with Crippen molar-refractivity contribution in [2.24, 2.45) is 0 Å². The van der Waals surface area contributed by atoms with Crippen LogP contribution in [0.3, 0.4) is 0 Å². The Morgan fingerprint density at radius 1 is 1.10 bits per heavy atom. The number of carbonyl (C=O) groups is 1. The van der Waals surface area contributed by atoms with Gasteiger partial charge in [0.1, 0.15) is 0 Å². The number of amides is 1. The summed E-state index contributed by atoms with van der Waals surface area (Å²) >= 11 is 6.32. The fourth-order valence-corrected chi connectivity index (χ4v) is 2.52. The van der Waals surface area contributed by atoms with E-state index in [0.717, 1.165) is 5.56 Å². The van der Waals surface area contributed by atoms with Crippen LogP contribution in [0.1, 0.15) is 11.1 Å². The second-order valence-electron chi connectivity index (χ2n) is 4.49. The molecule has 0 bridgehead atoms. The molecule has 2 aromatic carbocycles. The Bertz CT molecular complexity index is 782. The molecule has 0 fully saturated rings. The molecule has 5 nitrogen and oxygen atoms in total. The summed E-state index contributed by atoms with van der Waals surface area (Å²) in [5.74, 6) is -0.278. The third-order valence-corrected chi connectivity index (χ3v) is 3.63. The Balaban J connectivity index is 2.10. The fraction of sp³-hybridized carbons (Fsp3) is 0. The van der Waals surface area contributed by atoms with E-state index in [2.05, 4.69) is 5.32 Å². The summed E-state index contributed by atoms with van der Waals surface area (Å²) in [6.07, 6.45) is 0. The molecule has 1 aliphatic heterocycles. The lowest BCUT2D eigenvalue weighted by atomic mass is 10.0. The molecule has 1 heterocycles. The molecule has 0 unspecified atom stereocenters. The average molecular weight is 301 g/mol. The number of hydrogen-bond donors (Lipinski definition) is 1. The third-order valence-electron chi connectivity index (χ3n) is 3.22. The van der Waals surface area contributed by atoms with Crippen LogP contribution in [0.4, 0.5) is 11.4 Å². The molecule has 1 amide bonds. The van der Waals surface area contributed by atoms with Gasteiger partial charge in [-0.2, -0.15) is 0 Å². The number of nitro groups is 1. The SMILES string of the molecule is O=C1Nc2ccccc2/C1=C(\Cl)c1ccc([N+](=O)[O-])cc1. The number of hydrogen-bond acceptors (Lipinski definition) is 3. The van der Waals surface area contributed by atoms with Crippen LogP contribution in [0.5, 0.6) is 0 Å². The number of rotatable bonds is 2. The maximum atomic E-state index is 12.1. The molecule has 1 aliphatic rings. The van der Waals surface area contributed by atoms with Crippen molar-refractivity contribution in [2.45, 2.75) is 0 Å². The van der Waals surface area contributed by atoms with E-state index < -0.39 is 4.92 Å². The quantitative estimate of drug-likeness (QED) is 0.522. The van der Waals surface area contributed by atoms with E-state index in [0.29, 0.717) is 16.8 Å². The van der Waals surface area contributed by atoms with Crippen molar-refractivity contribution in [1.29, 1.82) is 0 Å². The third kappa shape index (κ3) is 2.28. The highest BCUT2D eigenvalue weighted by atomic mass is 35.5. The Hall–Kier alpha value is -2.66. The van der Waals surface area contributed by atoms with Crippen molar-refractivity contribution >= 4 is 39.5 Å². The summed E-state index contributed by atoms with van der Waals surface area (Å²) in [4.78, 5) is 22.2. The first kappa shape index (κ1) is 13.3. The lowest BCUT2D eigenvalue weighted by molar-refractivity contribution is -0.384. The molecule has 0 radical (unpaired) electrons. The first-order valence-electron chi connectivity index (χ1n) is 6.13. The van der Waals surface area contributed by atoms with Crippen molar-refractivity contribution in [3.05, 3.63) is 69.8 Å². The van der Waals surface area contributed by atoms with E-state index in [1.807, 2.05) is 12.1 Å². The highest BCUT2D eigenvalue weighted by Crippen LogP contribution is 2.38. The van der Waals surface area contributed by atoms with E-state index >= 15 is 0 Å². The molecule has 1 N–H and O–H groups in total. The van der Waals surface area contributed by atoms with Crippen molar-refractivity contribution in [2.75, 3.05) is 5.32 Å². The van der Waals surface area contributed by atoms with Crippen LogP contribution in [-0.4, -0.2) is 10.8 Å². The number of carbonyl (C=O) groups excluding carboxylic acids is 1. The minimum atomic E-state index is -0.484. The summed E-state index contributed by atoms with van der Waals surface area (Å²) in [6, 6.07) is 13.0. The van der Waals surface area contributed by atoms with E-state index in [-0.39, 0.29) is 16.6 Å². The van der Waals surface area contributed by atoms with Gasteiger partial charge >= 0.3 is 0 Å². The van der Waals surface area contributed by atoms with Gasteiger partial charge in [0.25, 0.3) is 11.6 Å². The molecule has 21 heavy (non-hydrogen) atoms. The average Bonchev–Trinajstić information content (AvgIpc) is 2.82. The van der Waals surface area contributed by atoms with Gasteiger partial charge in [-0.1, -0.05) is 29.8 Å². The number of nitrogens with one attached hydrogen (secondary N) is 1. The highest BCUT2D eigenvalue weighted by Gasteiger charge is 2.27. The van der Waals surface area contributed by atoms with Gasteiger partial charge in [-0.05, 0) is 23.8 Å². The van der Waals surface area contributed by atoms with E-state index in [1.54, 1.807) is 12.1 Å². The maximum absolute atomic E-state index is 12.1. The summed E-state index contributed by atoms with van der Waals surface area (Å²) < 4.78 is 0.